The zero-order valence-corrected chi connectivity index (χ0v) is 16.8. The molecule has 0 bridgehead atoms. The number of pyridine rings is 1. The zero-order valence-electron chi connectivity index (χ0n) is 14.5. The number of anilines is 1. The molecule has 3 rings (SSSR count). The molecule has 0 spiro atoms. The van der Waals surface area contributed by atoms with Crippen molar-refractivity contribution in [3.05, 3.63) is 33.1 Å². The molecule has 1 aliphatic heterocycles. The van der Waals surface area contributed by atoms with Crippen LogP contribution < -0.4 is 5.32 Å². The Balaban J connectivity index is 1.71. The topological polar surface area (TPSA) is 95.4 Å². The summed E-state index contributed by atoms with van der Waals surface area (Å²) in [6, 6.07) is 1.10. The number of carbonyl (C=O) groups excluding carboxylic acids is 2. The van der Waals surface area contributed by atoms with Crippen LogP contribution in [-0.2, 0) is 0 Å². The van der Waals surface area contributed by atoms with Gasteiger partial charge in [0.15, 0.2) is 16.6 Å². The third-order valence-corrected chi connectivity index (χ3v) is 5.67. The van der Waals surface area contributed by atoms with Gasteiger partial charge in [0.1, 0.15) is 10.7 Å². The van der Waals surface area contributed by atoms with Crippen molar-refractivity contribution in [2.75, 3.05) is 18.4 Å². The van der Waals surface area contributed by atoms with Gasteiger partial charge in [0.05, 0.1) is 16.5 Å². The molecule has 2 aromatic rings. The molecule has 0 saturated carbocycles. The van der Waals surface area contributed by atoms with Gasteiger partial charge in [-0.05, 0) is 18.9 Å². The maximum Gasteiger partial charge on any atom is 0.391 e. The Hall–Kier alpha value is -2.11. The molecule has 0 aliphatic carbocycles. The lowest BCUT2D eigenvalue weighted by Gasteiger charge is -2.32. The highest BCUT2D eigenvalue weighted by molar-refractivity contribution is 7.14. The van der Waals surface area contributed by atoms with Crippen molar-refractivity contribution in [3.8, 4) is 5.75 Å². The summed E-state index contributed by atoms with van der Waals surface area (Å²) in [5.41, 5.74) is 1.05. The van der Waals surface area contributed by atoms with Crippen LogP contribution >= 0.6 is 34.5 Å². The van der Waals surface area contributed by atoms with E-state index in [1.807, 2.05) is 0 Å². The predicted molar refractivity (Wildman–Crippen MR) is 101 cm³/mol. The predicted octanol–water partition coefficient (Wildman–Crippen LogP) is 4.22. The fraction of sp³-hybridized carbons (Fsp3) is 0.375. The van der Waals surface area contributed by atoms with Crippen LogP contribution in [0.1, 0.15) is 33.8 Å². The van der Waals surface area contributed by atoms with E-state index >= 15 is 0 Å². The summed E-state index contributed by atoms with van der Waals surface area (Å²) in [6.45, 7) is -0.114. The molecule has 2 N–H and O–H groups in total. The van der Waals surface area contributed by atoms with Crippen molar-refractivity contribution in [2.45, 2.75) is 19.0 Å². The Morgan fingerprint density at radius 1 is 1.28 bits per heavy atom. The van der Waals surface area contributed by atoms with E-state index in [0.29, 0.717) is 0 Å². The Bertz CT molecular complexity index is 923. The van der Waals surface area contributed by atoms with Gasteiger partial charge in [0.2, 0.25) is 0 Å². The zero-order chi connectivity index (χ0) is 21.3. The first kappa shape index (κ1) is 21.6. The number of rotatable bonds is 3. The first-order valence-electron chi connectivity index (χ1n) is 8.23. The quantitative estimate of drug-likeness (QED) is 0.657. The van der Waals surface area contributed by atoms with Crippen molar-refractivity contribution in [1.29, 1.82) is 0 Å². The van der Waals surface area contributed by atoms with E-state index in [1.165, 1.54) is 10.4 Å². The van der Waals surface area contributed by atoms with Crippen molar-refractivity contribution in [1.82, 2.24) is 14.9 Å². The minimum absolute atomic E-state index is 0.0569. The summed E-state index contributed by atoms with van der Waals surface area (Å²) in [7, 11) is 0. The number of amides is 2. The Morgan fingerprint density at radius 3 is 2.52 bits per heavy atom. The first-order valence-corrected chi connectivity index (χ1v) is 9.87. The van der Waals surface area contributed by atoms with Gasteiger partial charge < -0.3 is 15.3 Å². The summed E-state index contributed by atoms with van der Waals surface area (Å²) in [4.78, 5) is 34.0. The lowest BCUT2D eigenvalue weighted by atomic mass is 9.96. The number of thiazole rings is 1. The fourth-order valence-corrected chi connectivity index (χ4v) is 3.91. The molecule has 0 atom stereocenters. The average Bonchev–Trinajstić information content (AvgIpc) is 3.12. The number of likely N-dealkylation sites (tertiary alicyclic amines) is 1. The minimum atomic E-state index is -4.28. The smallest absolute Gasteiger partial charge is 0.391 e. The molecule has 0 unspecified atom stereocenters. The molecule has 29 heavy (non-hydrogen) atoms. The normalized spacial score (nSPS) is 15.4. The lowest BCUT2D eigenvalue weighted by molar-refractivity contribution is -0.183. The Morgan fingerprint density at radius 2 is 1.93 bits per heavy atom. The number of carbonyl (C=O) groups is 2. The lowest BCUT2D eigenvalue weighted by Crippen LogP contribution is -2.42. The van der Waals surface area contributed by atoms with Gasteiger partial charge in [-0.1, -0.05) is 23.2 Å². The van der Waals surface area contributed by atoms with Crippen LogP contribution in [0.2, 0.25) is 10.2 Å². The number of aromatic hydroxyl groups is 1. The third kappa shape index (κ3) is 4.73. The number of hydrogen-bond donors (Lipinski definition) is 2. The summed E-state index contributed by atoms with van der Waals surface area (Å²) in [6.07, 6.45) is -4.65. The van der Waals surface area contributed by atoms with Crippen LogP contribution in [0.15, 0.2) is 11.6 Å². The molecular formula is C16H13Cl2F3N4O3S. The van der Waals surface area contributed by atoms with E-state index in [0.717, 1.165) is 17.4 Å². The second-order valence-electron chi connectivity index (χ2n) is 6.22. The molecule has 2 aromatic heterocycles. The maximum atomic E-state index is 12.8. The molecule has 0 aromatic carbocycles. The van der Waals surface area contributed by atoms with Gasteiger partial charge in [-0.25, -0.2) is 9.97 Å². The van der Waals surface area contributed by atoms with E-state index in [2.05, 4.69) is 15.3 Å². The van der Waals surface area contributed by atoms with Crippen LogP contribution in [0, 0.1) is 5.92 Å². The summed E-state index contributed by atoms with van der Waals surface area (Å²) in [5.74, 6) is -3.23. The highest BCUT2D eigenvalue weighted by atomic mass is 35.5. The van der Waals surface area contributed by atoms with Crippen LogP contribution in [0.25, 0.3) is 0 Å². The second kappa shape index (κ2) is 8.33. The second-order valence-corrected chi connectivity index (χ2v) is 7.84. The molecule has 3 heterocycles. The molecule has 7 nitrogen and oxygen atoms in total. The first-order chi connectivity index (χ1) is 13.6. The van der Waals surface area contributed by atoms with E-state index < -0.39 is 29.7 Å². The van der Waals surface area contributed by atoms with Crippen LogP contribution in [0.3, 0.4) is 0 Å². The van der Waals surface area contributed by atoms with E-state index in [4.69, 9.17) is 23.2 Å². The monoisotopic (exact) mass is 468 g/mol. The number of alkyl halides is 3. The van der Waals surface area contributed by atoms with E-state index in [9.17, 15) is 27.9 Å². The highest BCUT2D eigenvalue weighted by Gasteiger charge is 2.42. The SMILES string of the molecule is O=C(Nc1scnc1C(=O)N1CCC(C(F)(F)F)CC1)c1cc(Cl)c(O)c(Cl)n1. The fourth-order valence-electron chi connectivity index (χ4n) is 2.81. The van der Waals surface area contributed by atoms with Gasteiger partial charge >= 0.3 is 6.18 Å². The highest BCUT2D eigenvalue weighted by Crippen LogP contribution is 2.35. The molecule has 1 saturated heterocycles. The van der Waals surface area contributed by atoms with Crippen molar-refractivity contribution < 1.29 is 27.9 Å². The van der Waals surface area contributed by atoms with Crippen LogP contribution in [0.4, 0.5) is 18.2 Å². The van der Waals surface area contributed by atoms with Gasteiger partial charge in [0, 0.05) is 13.1 Å². The number of aromatic nitrogens is 2. The summed E-state index contributed by atoms with van der Waals surface area (Å²) in [5, 5.41) is 11.5. The third-order valence-electron chi connectivity index (χ3n) is 4.38. The van der Waals surface area contributed by atoms with Gasteiger partial charge in [-0.3, -0.25) is 9.59 Å². The average molecular weight is 469 g/mol. The molecule has 13 heteroatoms. The standard InChI is InChI=1S/C16H13Cl2F3N4O3S/c17-8-5-9(23-12(18)11(8)26)13(27)24-14-10(22-6-29-14)15(28)25-3-1-7(2-4-25)16(19,20)21/h5-7,26H,1-4H2,(H,24,27). The van der Waals surface area contributed by atoms with Crippen LogP contribution in [-0.4, -0.2) is 51.1 Å². The van der Waals surface area contributed by atoms with Gasteiger partial charge in [-0.15, -0.1) is 11.3 Å². The van der Waals surface area contributed by atoms with E-state index in [1.54, 1.807) is 0 Å². The molecule has 0 radical (unpaired) electrons. The molecule has 1 aliphatic rings. The summed E-state index contributed by atoms with van der Waals surface area (Å²) < 4.78 is 38.4. The molecule has 2 amide bonds. The maximum absolute atomic E-state index is 12.8. The van der Waals surface area contributed by atoms with Gasteiger partial charge in [0.25, 0.3) is 11.8 Å². The number of nitrogens with zero attached hydrogens (tertiary/aromatic N) is 3. The minimum Gasteiger partial charge on any atom is -0.504 e. The Labute approximate surface area is 176 Å². The number of nitrogens with one attached hydrogen (secondary N) is 1. The molecule has 156 valence electrons. The van der Waals surface area contributed by atoms with Crippen molar-refractivity contribution in [3.63, 3.8) is 0 Å². The summed E-state index contributed by atoms with van der Waals surface area (Å²) >= 11 is 12.4. The van der Waals surface area contributed by atoms with E-state index in [-0.39, 0.29) is 52.5 Å². The Kier molecular flexibility index (Phi) is 6.20. The van der Waals surface area contributed by atoms with Crippen molar-refractivity contribution >= 4 is 51.4 Å². The van der Waals surface area contributed by atoms with Crippen LogP contribution in [0.5, 0.6) is 5.75 Å². The van der Waals surface area contributed by atoms with Gasteiger partial charge in [-0.2, -0.15) is 13.2 Å². The number of piperidine rings is 1. The molecule has 1 fully saturated rings. The van der Waals surface area contributed by atoms with Crippen molar-refractivity contribution in [2.24, 2.45) is 5.92 Å². The molecular weight excluding hydrogens is 456 g/mol. The largest absolute Gasteiger partial charge is 0.504 e. The number of hydrogen-bond acceptors (Lipinski definition) is 6. The number of halogens is 5.